The Labute approximate surface area is 179 Å². The predicted molar refractivity (Wildman–Crippen MR) is 112 cm³/mol. The van der Waals surface area contributed by atoms with Gasteiger partial charge in [0, 0.05) is 18.8 Å². The van der Waals surface area contributed by atoms with Crippen LogP contribution in [0.5, 0.6) is 5.75 Å². The molecule has 0 bridgehead atoms. The largest absolute Gasteiger partial charge is 0.494 e. The number of benzene rings is 1. The maximum absolute atomic E-state index is 12.8. The maximum Gasteiger partial charge on any atom is 0.263 e. The van der Waals surface area contributed by atoms with Gasteiger partial charge in [-0.3, -0.25) is 9.59 Å². The topological polar surface area (TPSA) is 114 Å². The number of rotatable bonds is 8. The highest BCUT2D eigenvalue weighted by molar-refractivity contribution is 7.89. The fraction of sp³-hybridized carbons (Fsp3) is 0.368. The number of carbonyl (C=O) groups excluding carboxylic acids is 2. The van der Waals surface area contributed by atoms with E-state index in [1.807, 2.05) is 6.92 Å². The summed E-state index contributed by atoms with van der Waals surface area (Å²) in [6, 6.07) is 8.25. The van der Waals surface area contributed by atoms with Crippen LogP contribution in [0.15, 0.2) is 40.6 Å². The smallest absolute Gasteiger partial charge is 0.263 e. The Hall–Kier alpha value is -2.47. The number of carbonyl (C=O) groups is 2. The highest BCUT2D eigenvalue weighted by Crippen LogP contribution is 2.25. The SMILES string of the molecule is CCOc1ccc(NC(=O)CNC(=O)c2sccc2S(=O)(=O)N2CCOCC2)cc1. The third kappa shape index (κ3) is 5.36. The van der Waals surface area contributed by atoms with Crippen molar-refractivity contribution in [3.8, 4) is 5.75 Å². The molecule has 3 rings (SSSR count). The van der Waals surface area contributed by atoms with Crippen LogP contribution in [0, 0.1) is 0 Å². The van der Waals surface area contributed by atoms with Crippen molar-refractivity contribution in [2.75, 3.05) is 44.8 Å². The summed E-state index contributed by atoms with van der Waals surface area (Å²) in [5.41, 5.74) is 0.560. The molecule has 2 heterocycles. The molecule has 0 atom stereocenters. The Morgan fingerprint density at radius 1 is 1.17 bits per heavy atom. The first-order valence-corrected chi connectivity index (χ1v) is 11.7. The van der Waals surface area contributed by atoms with Crippen LogP contribution in [0.2, 0.25) is 0 Å². The van der Waals surface area contributed by atoms with Gasteiger partial charge in [-0.15, -0.1) is 11.3 Å². The number of ether oxygens (including phenoxy) is 2. The summed E-state index contributed by atoms with van der Waals surface area (Å²) in [4.78, 5) is 24.7. The fourth-order valence-electron chi connectivity index (χ4n) is 2.84. The lowest BCUT2D eigenvalue weighted by molar-refractivity contribution is -0.115. The average molecular weight is 454 g/mol. The molecule has 1 aliphatic rings. The summed E-state index contributed by atoms with van der Waals surface area (Å²) >= 11 is 1.02. The number of nitrogens with one attached hydrogen (secondary N) is 2. The Balaban J connectivity index is 1.59. The minimum absolute atomic E-state index is 0.0513. The fourth-order valence-corrected chi connectivity index (χ4v) is 5.56. The molecule has 1 aromatic carbocycles. The van der Waals surface area contributed by atoms with E-state index < -0.39 is 21.8 Å². The predicted octanol–water partition coefficient (Wildman–Crippen LogP) is 1.54. The first kappa shape index (κ1) is 22.2. The number of thiophene rings is 1. The summed E-state index contributed by atoms with van der Waals surface area (Å²) in [7, 11) is -3.80. The van der Waals surface area contributed by atoms with Crippen LogP contribution < -0.4 is 15.4 Å². The third-order valence-corrected chi connectivity index (χ3v) is 7.27. The van der Waals surface area contributed by atoms with Crippen LogP contribution in [0.25, 0.3) is 0 Å². The Kier molecular flexibility index (Phi) is 7.43. The molecule has 2 amide bonds. The lowest BCUT2D eigenvalue weighted by Gasteiger charge is -2.26. The Morgan fingerprint density at radius 3 is 2.53 bits per heavy atom. The molecule has 0 spiro atoms. The molecule has 1 fully saturated rings. The van der Waals surface area contributed by atoms with Crippen molar-refractivity contribution < 1.29 is 27.5 Å². The van der Waals surface area contributed by atoms with Crippen LogP contribution in [0.4, 0.5) is 5.69 Å². The van der Waals surface area contributed by atoms with Crippen molar-refractivity contribution in [1.82, 2.24) is 9.62 Å². The zero-order valence-electron chi connectivity index (χ0n) is 16.4. The van der Waals surface area contributed by atoms with Gasteiger partial charge in [0.05, 0.1) is 26.4 Å². The standard InChI is InChI=1S/C19H23N3O6S2/c1-2-28-15-5-3-14(4-6-15)21-17(23)13-20-19(24)18-16(7-12-29-18)30(25,26)22-8-10-27-11-9-22/h3-7,12H,2,8-11,13H2,1H3,(H,20,24)(H,21,23). The van der Waals surface area contributed by atoms with Gasteiger partial charge < -0.3 is 20.1 Å². The quantitative estimate of drug-likeness (QED) is 0.627. The van der Waals surface area contributed by atoms with Gasteiger partial charge in [-0.05, 0) is 42.6 Å². The molecule has 1 aliphatic heterocycles. The zero-order chi connectivity index (χ0) is 21.6. The van der Waals surface area contributed by atoms with Crippen LogP contribution in [0.1, 0.15) is 16.6 Å². The molecule has 1 saturated heterocycles. The number of anilines is 1. The highest BCUT2D eigenvalue weighted by atomic mass is 32.2. The van der Waals surface area contributed by atoms with E-state index in [9.17, 15) is 18.0 Å². The molecule has 11 heteroatoms. The van der Waals surface area contributed by atoms with E-state index in [1.165, 1.54) is 10.4 Å². The lowest BCUT2D eigenvalue weighted by Crippen LogP contribution is -2.41. The molecule has 0 unspecified atom stereocenters. The van der Waals surface area contributed by atoms with Crippen LogP contribution in [-0.2, 0) is 19.6 Å². The Bertz CT molecular complexity index is 982. The average Bonchev–Trinajstić information content (AvgIpc) is 3.25. The van der Waals surface area contributed by atoms with Gasteiger partial charge in [-0.25, -0.2) is 8.42 Å². The van der Waals surface area contributed by atoms with Gasteiger partial charge in [0.1, 0.15) is 15.5 Å². The van der Waals surface area contributed by atoms with E-state index in [4.69, 9.17) is 9.47 Å². The van der Waals surface area contributed by atoms with Gasteiger partial charge in [0.25, 0.3) is 5.91 Å². The molecule has 0 saturated carbocycles. The van der Waals surface area contributed by atoms with Crippen molar-refractivity contribution in [2.24, 2.45) is 0 Å². The molecular weight excluding hydrogens is 430 g/mol. The second-order valence-corrected chi connectivity index (χ2v) is 9.14. The van der Waals surface area contributed by atoms with Gasteiger partial charge in [-0.2, -0.15) is 4.31 Å². The molecular formula is C19H23N3O6S2. The van der Waals surface area contributed by atoms with Crippen LogP contribution in [0.3, 0.4) is 0 Å². The Morgan fingerprint density at radius 2 is 1.87 bits per heavy atom. The number of hydrogen-bond donors (Lipinski definition) is 2. The molecule has 162 valence electrons. The monoisotopic (exact) mass is 453 g/mol. The zero-order valence-corrected chi connectivity index (χ0v) is 18.1. The first-order chi connectivity index (χ1) is 14.4. The van der Waals surface area contributed by atoms with E-state index in [0.717, 1.165) is 11.3 Å². The van der Waals surface area contributed by atoms with Crippen molar-refractivity contribution >= 4 is 38.9 Å². The van der Waals surface area contributed by atoms with Gasteiger partial charge >= 0.3 is 0 Å². The van der Waals surface area contributed by atoms with Gasteiger partial charge in [-0.1, -0.05) is 0 Å². The summed E-state index contributed by atoms with van der Waals surface area (Å²) in [5.74, 6) is -0.351. The van der Waals surface area contributed by atoms with Gasteiger partial charge in [0.15, 0.2) is 0 Å². The van der Waals surface area contributed by atoms with E-state index in [0.29, 0.717) is 31.3 Å². The van der Waals surface area contributed by atoms with Crippen LogP contribution in [-0.4, -0.2) is 64.0 Å². The minimum atomic E-state index is -3.80. The molecule has 2 N–H and O–H groups in total. The summed E-state index contributed by atoms with van der Waals surface area (Å²) in [6.45, 7) is 3.24. The number of amides is 2. The van der Waals surface area contributed by atoms with Crippen molar-refractivity contribution in [3.63, 3.8) is 0 Å². The third-order valence-electron chi connectivity index (χ3n) is 4.28. The number of nitrogens with zero attached hydrogens (tertiary/aromatic N) is 1. The molecule has 2 aromatic rings. The van der Waals surface area contributed by atoms with E-state index >= 15 is 0 Å². The number of sulfonamides is 1. The van der Waals surface area contributed by atoms with Crippen molar-refractivity contribution in [2.45, 2.75) is 11.8 Å². The summed E-state index contributed by atoms with van der Waals surface area (Å²) in [6.07, 6.45) is 0. The molecule has 0 radical (unpaired) electrons. The van der Waals surface area contributed by atoms with E-state index in [2.05, 4.69) is 10.6 Å². The van der Waals surface area contributed by atoms with Crippen LogP contribution >= 0.6 is 11.3 Å². The molecule has 1 aromatic heterocycles. The van der Waals surface area contributed by atoms with Crippen molar-refractivity contribution in [1.29, 1.82) is 0 Å². The lowest BCUT2D eigenvalue weighted by atomic mass is 10.3. The minimum Gasteiger partial charge on any atom is -0.494 e. The number of hydrogen-bond acceptors (Lipinski definition) is 7. The molecule has 0 aliphatic carbocycles. The number of morpholine rings is 1. The summed E-state index contributed by atoms with van der Waals surface area (Å²) in [5, 5.41) is 6.69. The molecule has 30 heavy (non-hydrogen) atoms. The molecule has 9 nitrogen and oxygen atoms in total. The van der Waals surface area contributed by atoms with E-state index in [-0.39, 0.29) is 29.4 Å². The van der Waals surface area contributed by atoms with Gasteiger partial charge in [0.2, 0.25) is 15.9 Å². The normalized spacial score (nSPS) is 14.8. The highest BCUT2D eigenvalue weighted by Gasteiger charge is 2.31. The second-order valence-electron chi connectivity index (χ2n) is 6.32. The second kappa shape index (κ2) is 10.0. The van der Waals surface area contributed by atoms with Crippen molar-refractivity contribution in [3.05, 3.63) is 40.6 Å². The van der Waals surface area contributed by atoms with E-state index in [1.54, 1.807) is 29.6 Å². The first-order valence-electron chi connectivity index (χ1n) is 9.38. The maximum atomic E-state index is 12.8. The summed E-state index contributed by atoms with van der Waals surface area (Å²) < 4.78 is 37.5.